The zero-order valence-electron chi connectivity index (χ0n) is 11.6. The van der Waals surface area contributed by atoms with Crippen LogP contribution >= 0.6 is 0 Å². The molecule has 2 amide bonds. The molecule has 116 valence electrons. The third kappa shape index (κ3) is 3.73. The lowest BCUT2D eigenvalue weighted by Gasteiger charge is -2.10. The van der Waals surface area contributed by atoms with E-state index in [-0.39, 0.29) is 11.7 Å². The van der Waals surface area contributed by atoms with Crippen LogP contribution in [0.3, 0.4) is 0 Å². The van der Waals surface area contributed by atoms with Crippen molar-refractivity contribution in [1.29, 1.82) is 0 Å². The molecule has 8 heteroatoms. The zero-order chi connectivity index (χ0) is 16.2. The molecule has 0 aromatic heterocycles. The van der Waals surface area contributed by atoms with E-state index >= 15 is 0 Å². The van der Waals surface area contributed by atoms with E-state index in [1.165, 1.54) is 49.5 Å². The Morgan fingerprint density at radius 3 is 2.18 bits per heavy atom. The Kier molecular flexibility index (Phi) is 4.62. The van der Waals surface area contributed by atoms with Crippen LogP contribution < -0.4 is 15.4 Å². The summed E-state index contributed by atoms with van der Waals surface area (Å²) >= 11 is 0. The first-order valence-electron chi connectivity index (χ1n) is 6.28. The number of sulfonamides is 1. The van der Waals surface area contributed by atoms with Crippen molar-refractivity contribution in [3.63, 3.8) is 0 Å². The van der Waals surface area contributed by atoms with Gasteiger partial charge in [-0.2, -0.15) is 0 Å². The van der Waals surface area contributed by atoms with Crippen LogP contribution in [0.4, 0.5) is 20.6 Å². The summed E-state index contributed by atoms with van der Waals surface area (Å²) in [7, 11) is -2.53. The Labute approximate surface area is 127 Å². The molecule has 0 aliphatic carbocycles. The van der Waals surface area contributed by atoms with Crippen LogP contribution in [0.1, 0.15) is 0 Å². The van der Waals surface area contributed by atoms with Gasteiger partial charge in [0.25, 0.3) is 10.0 Å². The van der Waals surface area contributed by atoms with Crippen LogP contribution in [0.15, 0.2) is 53.4 Å². The van der Waals surface area contributed by atoms with E-state index in [0.717, 1.165) is 6.07 Å². The molecule has 2 rings (SSSR count). The number of anilines is 2. The van der Waals surface area contributed by atoms with Gasteiger partial charge in [0.1, 0.15) is 10.7 Å². The fourth-order valence-corrected chi connectivity index (χ4v) is 2.83. The SMILES string of the molecule is CNC(=O)Nc1ccc(NS(=O)(=O)c2ccccc2F)cc1. The quantitative estimate of drug-likeness (QED) is 0.807. The van der Waals surface area contributed by atoms with Crippen LogP contribution in [0.2, 0.25) is 0 Å². The molecule has 0 saturated heterocycles. The molecule has 0 radical (unpaired) electrons. The predicted molar refractivity (Wildman–Crippen MR) is 81.7 cm³/mol. The highest BCUT2D eigenvalue weighted by molar-refractivity contribution is 7.92. The van der Waals surface area contributed by atoms with Crippen molar-refractivity contribution in [2.75, 3.05) is 17.1 Å². The van der Waals surface area contributed by atoms with E-state index in [1.54, 1.807) is 0 Å². The summed E-state index contributed by atoms with van der Waals surface area (Å²) < 4.78 is 40.0. The number of amides is 2. The molecule has 0 saturated carbocycles. The lowest BCUT2D eigenvalue weighted by atomic mass is 10.3. The smallest absolute Gasteiger partial charge is 0.318 e. The molecule has 0 unspecified atom stereocenters. The van der Waals surface area contributed by atoms with Crippen molar-refractivity contribution >= 4 is 27.4 Å². The number of halogens is 1. The van der Waals surface area contributed by atoms with Crippen LogP contribution in [-0.4, -0.2) is 21.5 Å². The summed E-state index contributed by atoms with van der Waals surface area (Å²) in [5.41, 5.74) is 0.749. The van der Waals surface area contributed by atoms with Gasteiger partial charge in [0.2, 0.25) is 0 Å². The number of nitrogens with one attached hydrogen (secondary N) is 3. The van der Waals surface area contributed by atoms with E-state index in [0.29, 0.717) is 5.69 Å². The van der Waals surface area contributed by atoms with Crippen molar-refractivity contribution in [2.45, 2.75) is 4.90 Å². The molecule has 22 heavy (non-hydrogen) atoms. The molecule has 0 aliphatic heterocycles. The highest BCUT2D eigenvalue weighted by Gasteiger charge is 2.18. The van der Waals surface area contributed by atoms with Crippen molar-refractivity contribution in [2.24, 2.45) is 0 Å². The number of rotatable bonds is 4. The van der Waals surface area contributed by atoms with E-state index in [4.69, 9.17) is 0 Å². The molecule has 0 atom stereocenters. The number of benzene rings is 2. The second kappa shape index (κ2) is 6.44. The number of hydrogen-bond donors (Lipinski definition) is 3. The predicted octanol–water partition coefficient (Wildman–Crippen LogP) is 2.38. The van der Waals surface area contributed by atoms with E-state index in [2.05, 4.69) is 15.4 Å². The molecule has 3 N–H and O–H groups in total. The van der Waals surface area contributed by atoms with Crippen molar-refractivity contribution < 1.29 is 17.6 Å². The molecule has 0 bridgehead atoms. The number of carbonyl (C=O) groups excluding carboxylic acids is 1. The maximum atomic E-state index is 13.6. The standard InChI is InChI=1S/C14H14FN3O3S/c1-16-14(19)17-10-6-8-11(9-7-10)18-22(20,21)13-5-3-2-4-12(13)15/h2-9,18H,1H3,(H2,16,17,19). The summed E-state index contributed by atoms with van der Waals surface area (Å²) in [6.07, 6.45) is 0. The number of hydrogen-bond acceptors (Lipinski definition) is 3. The third-order valence-electron chi connectivity index (χ3n) is 2.75. The third-order valence-corrected chi connectivity index (χ3v) is 4.16. The first-order valence-corrected chi connectivity index (χ1v) is 7.77. The lowest BCUT2D eigenvalue weighted by molar-refractivity contribution is 0.254. The van der Waals surface area contributed by atoms with E-state index < -0.39 is 20.7 Å². The second-order valence-corrected chi connectivity index (χ2v) is 5.97. The molecule has 6 nitrogen and oxygen atoms in total. The topological polar surface area (TPSA) is 87.3 Å². The fraction of sp³-hybridized carbons (Fsp3) is 0.0714. The minimum absolute atomic E-state index is 0.255. The van der Waals surface area contributed by atoms with Crippen LogP contribution in [-0.2, 0) is 10.0 Å². The molecule has 0 aliphatic rings. The van der Waals surface area contributed by atoms with Crippen LogP contribution in [0, 0.1) is 5.82 Å². The summed E-state index contributed by atoms with van der Waals surface area (Å²) in [5, 5.41) is 4.93. The van der Waals surface area contributed by atoms with Gasteiger partial charge in [-0.25, -0.2) is 17.6 Å². The van der Waals surface area contributed by atoms with E-state index in [9.17, 15) is 17.6 Å². The molecule has 2 aromatic carbocycles. The van der Waals surface area contributed by atoms with Crippen molar-refractivity contribution in [3.05, 3.63) is 54.3 Å². The molecular weight excluding hydrogens is 309 g/mol. The summed E-state index contributed by atoms with van der Waals surface area (Å²) in [5.74, 6) is -0.826. The molecule has 0 fully saturated rings. The monoisotopic (exact) mass is 323 g/mol. The average molecular weight is 323 g/mol. The Morgan fingerprint density at radius 2 is 1.59 bits per heavy atom. The van der Waals surface area contributed by atoms with Crippen LogP contribution in [0.5, 0.6) is 0 Å². The minimum atomic E-state index is -4.01. The van der Waals surface area contributed by atoms with Gasteiger partial charge in [-0.3, -0.25) is 4.72 Å². The van der Waals surface area contributed by atoms with Crippen molar-refractivity contribution in [1.82, 2.24) is 5.32 Å². The van der Waals surface area contributed by atoms with Gasteiger partial charge in [-0.1, -0.05) is 12.1 Å². The van der Waals surface area contributed by atoms with Gasteiger partial charge in [-0.15, -0.1) is 0 Å². The Bertz CT molecular complexity index is 776. The molecule has 0 heterocycles. The van der Waals surface area contributed by atoms with Gasteiger partial charge in [0.15, 0.2) is 0 Å². The molecular formula is C14H14FN3O3S. The Balaban J connectivity index is 2.17. The Hall–Kier alpha value is -2.61. The number of urea groups is 1. The van der Waals surface area contributed by atoms with Gasteiger partial charge < -0.3 is 10.6 Å². The lowest BCUT2D eigenvalue weighted by Crippen LogP contribution is -2.24. The fourth-order valence-electron chi connectivity index (χ4n) is 1.69. The highest BCUT2D eigenvalue weighted by atomic mass is 32.2. The largest absolute Gasteiger partial charge is 0.341 e. The highest BCUT2D eigenvalue weighted by Crippen LogP contribution is 2.20. The van der Waals surface area contributed by atoms with E-state index in [1.807, 2.05) is 0 Å². The van der Waals surface area contributed by atoms with Crippen LogP contribution in [0.25, 0.3) is 0 Å². The maximum Gasteiger partial charge on any atom is 0.318 e. The van der Waals surface area contributed by atoms with Gasteiger partial charge in [0.05, 0.1) is 0 Å². The van der Waals surface area contributed by atoms with Gasteiger partial charge in [-0.05, 0) is 36.4 Å². The normalized spacial score (nSPS) is 10.8. The second-order valence-electron chi connectivity index (χ2n) is 4.32. The summed E-state index contributed by atoms with van der Waals surface area (Å²) in [4.78, 5) is 10.7. The van der Waals surface area contributed by atoms with Gasteiger partial charge in [0, 0.05) is 18.4 Å². The maximum absolute atomic E-state index is 13.6. The van der Waals surface area contributed by atoms with Gasteiger partial charge >= 0.3 is 6.03 Å². The minimum Gasteiger partial charge on any atom is -0.341 e. The summed E-state index contributed by atoms with van der Waals surface area (Å²) in [6, 6.07) is 10.7. The number of carbonyl (C=O) groups is 1. The average Bonchev–Trinajstić information content (AvgIpc) is 2.49. The first-order chi connectivity index (χ1) is 10.4. The molecule has 2 aromatic rings. The molecule has 0 spiro atoms. The Morgan fingerprint density at radius 1 is 1.00 bits per heavy atom. The van der Waals surface area contributed by atoms with Crippen molar-refractivity contribution in [3.8, 4) is 0 Å². The summed E-state index contributed by atoms with van der Waals surface area (Å²) in [6.45, 7) is 0. The first kappa shape index (κ1) is 15.8. The zero-order valence-corrected chi connectivity index (χ0v) is 12.4.